The fourth-order valence-electron chi connectivity index (χ4n) is 1.36. The molecule has 0 aliphatic rings. The van der Waals surface area contributed by atoms with E-state index in [1.165, 1.54) is 0 Å². The maximum Gasteiger partial charge on any atom is 0.0666 e. The van der Waals surface area contributed by atoms with Crippen LogP contribution in [0.4, 0.5) is 0 Å². The highest BCUT2D eigenvalue weighted by Gasteiger charge is 2.12. The molecule has 2 unspecified atom stereocenters. The van der Waals surface area contributed by atoms with Gasteiger partial charge in [-0.3, -0.25) is 0 Å². The summed E-state index contributed by atoms with van der Waals surface area (Å²) in [5, 5.41) is 13.1. The molecular formula is C12H14Cl2N2. The minimum absolute atomic E-state index is 0.0135. The number of hydrogen-bond acceptors (Lipinski definition) is 2. The second kappa shape index (κ2) is 6.10. The van der Waals surface area contributed by atoms with Crippen LogP contribution in [0.15, 0.2) is 18.2 Å². The van der Waals surface area contributed by atoms with Gasteiger partial charge in [0.05, 0.1) is 22.0 Å². The van der Waals surface area contributed by atoms with Gasteiger partial charge in [0.25, 0.3) is 0 Å². The Hall–Kier alpha value is -0.750. The Morgan fingerprint density at radius 1 is 1.38 bits per heavy atom. The zero-order valence-corrected chi connectivity index (χ0v) is 10.8. The average Bonchev–Trinajstić information content (AvgIpc) is 2.29. The van der Waals surface area contributed by atoms with Crippen LogP contribution >= 0.6 is 23.2 Å². The van der Waals surface area contributed by atoms with Gasteiger partial charge in [0.15, 0.2) is 0 Å². The molecule has 0 bridgehead atoms. The lowest BCUT2D eigenvalue weighted by molar-refractivity contribution is 0.528. The molecule has 4 heteroatoms. The first-order chi connectivity index (χ1) is 7.56. The summed E-state index contributed by atoms with van der Waals surface area (Å²) in [7, 11) is 0. The van der Waals surface area contributed by atoms with Crippen molar-refractivity contribution in [1.82, 2.24) is 5.32 Å². The Morgan fingerprint density at radius 3 is 2.69 bits per heavy atom. The van der Waals surface area contributed by atoms with Crippen molar-refractivity contribution in [2.75, 3.05) is 6.54 Å². The maximum absolute atomic E-state index is 8.68. The van der Waals surface area contributed by atoms with Crippen LogP contribution in [0.25, 0.3) is 0 Å². The zero-order valence-electron chi connectivity index (χ0n) is 9.30. The second-order valence-electron chi connectivity index (χ2n) is 3.80. The van der Waals surface area contributed by atoms with Gasteiger partial charge < -0.3 is 5.32 Å². The van der Waals surface area contributed by atoms with Crippen molar-refractivity contribution in [2.24, 2.45) is 5.92 Å². The van der Waals surface area contributed by atoms with Gasteiger partial charge in [-0.05, 0) is 25.5 Å². The quantitative estimate of drug-likeness (QED) is 0.890. The molecule has 0 aliphatic carbocycles. The molecule has 0 aliphatic heterocycles. The van der Waals surface area contributed by atoms with E-state index >= 15 is 0 Å². The summed E-state index contributed by atoms with van der Waals surface area (Å²) in [6.07, 6.45) is 0. The highest BCUT2D eigenvalue weighted by Crippen LogP contribution is 2.29. The molecule has 0 amide bonds. The fraction of sp³-hybridized carbons (Fsp3) is 0.417. The van der Waals surface area contributed by atoms with Gasteiger partial charge in [0.2, 0.25) is 0 Å². The molecule has 1 aromatic rings. The van der Waals surface area contributed by atoms with Gasteiger partial charge in [-0.2, -0.15) is 5.26 Å². The minimum Gasteiger partial charge on any atom is -0.309 e. The van der Waals surface area contributed by atoms with Gasteiger partial charge in [-0.15, -0.1) is 0 Å². The molecule has 0 aromatic heterocycles. The van der Waals surface area contributed by atoms with E-state index < -0.39 is 0 Å². The monoisotopic (exact) mass is 256 g/mol. The summed E-state index contributed by atoms with van der Waals surface area (Å²) >= 11 is 12.0. The lowest BCUT2D eigenvalue weighted by Gasteiger charge is -2.16. The van der Waals surface area contributed by atoms with Gasteiger partial charge >= 0.3 is 0 Å². The molecular weight excluding hydrogens is 243 g/mol. The highest BCUT2D eigenvalue weighted by atomic mass is 35.5. The topological polar surface area (TPSA) is 35.8 Å². The third kappa shape index (κ3) is 3.38. The lowest BCUT2D eigenvalue weighted by Crippen LogP contribution is -2.24. The van der Waals surface area contributed by atoms with Gasteiger partial charge in [-0.25, -0.2) is 0 Å². The van der Waals surface area contributed by atoms with Crippen LogP contribution in [0, 0.1) is 17.2 Å². The number of hydrogen-bond donors (Lipinski definition) is 1. The summed E-state index contributed by atoms with van der Waals surface area (Å²) in [5.41, 5.74) is 0.958. The third-order valence-corrected chi connectivity index (χ3v) is 3.23. The first kappa shape index (κ1) is 13.3. The van der Waals surface area contributed by atoms with E-state index in [-0.39, 0.29) is 12.0 Å². The predicted octanol–water partition coefficient (Wildman–Crippen LogP) is 3.80. The molecule has 1 aromatic carbocycles. The third-order valence-electron chi connectivity index (χ3n) is 2.40. The second-order valence-corrected chi connectivity index (χ2v) is 4.59. The Balaban J connectivity index is 2.70. The number of rotatable bonds is 4. The Labute approximate surface area is 106 Å². The molecule has 2 atom stereocenters. The van der Waals surface area contributed by atoms with Crippen LogP contribution in [-0.4, -0.2) is 6.54 Å². The number of halogens is 2. The molecule has 0 radical (unpaired) electrons. The van der Waals surface area contributed by atoms with Crippen molar-refractivity contribution in [1.29, 1.82) is 5.26 Å². The van der Waals surface area contributed by atoms with Gasteiger partial charge in [-0.1, -0.05) is 35.3 Å². The SMILES string of the molecule is CC(C#N)CNC(C)c1cccc(Cl)c1Cl. The first-order valence-electron chi connectivity index (χ1n) is 5.13. The van der Waals surface area contributed by atoms with E-state index in [4.69, 9.17) is 28.5 Å². The molecule has 0 saturated carbocycles. The molecule has 2 nitrogen and oxygen atoms in total. The Kier molecular flexibility index (Phi) is 5.08. The van der Waals surface area contributed by atoms with Gasteiger partial charge in [0.1, 0.15) is 0 Å². The van der Waals surface area contributed by atoms with Crippen LogP contribution in [0.1, 0.15) is 25.5 Å². The maximum atomic E-state index is 8.68. The summed E-state index contributed by atoms with van der Waals surface area (Å²) in [4.78, 5) is 0. The molecule has 0 spiro atoms. The predicted molar refractivity (Wildman–Crippen MR) is 67.7 cm³/mol. The number of nitrogens with one attached hydrogen (secondary N) is 1. The van der Waals surface area contributed by atoms with E-state index in [2.05, 4.69) is 11.4 Å². The van der Waals surface area contributed by atoms with Crippen molar-refractivity contribution in [3.05, 3.63) is 33.8 Å². The van der Waals surface area contributed by atoms with E-state index in [0.29, 0.717) is 16.6 Å². The summed E-state index contributed by atoms with van der Waals surface area (Å²) < 4.78 is 0. The van der Waals surface area contributed by atoms with Crippen LogP contribution in [0.3, 0.4) is 0 Å². The van der Waals surface area contributed by atoms with Gasteiger partial charge in [0, 0.05) is 12.6 Å². The van der Waals surface area contributed by atoms with E-state index in [1.807, 2.05) is 26.0 Å². The number of nitrogens with zero attached hydrogens (tertiary/aromatic N) is 1. The van der Waals surface area contributed by atoms with Crippen molar-refractivity contribution in [2.45, 2.75) is 19.9 Å². The zero-order chi connectivity index (χ0) is 12.1. The van der Waals surface area contributed by atoms with Crippen LogP contribution in [0.2, 0.25) is 10.0 Å². The molecule has 0 fully saturated rings. The minimum atomic E-state index is -0.0135. The summed E-state index contributed by atoms with van der Waals surface area (Å²) in [6.45, 7) is 4.52. The fourth-order valence-corrected chi connectivity index (χ4v) is 1.84. The summed E-state index contributed by atoms with van der Waals surface area (Å²) in [5.74, 6) is -0.0135. The largest absolute Gasteiger partial charge is 0.309 e. The van der Waals surface area contributed by atoms with E-state index in [9.17, 15) is 0 Å². The number of nitriles is 1. The van der Waals surface area contributed by atoms with Crippen LogP contribution < -0.4 is 5.32 Å². The van der Waals surface area contributed by atoms with Crippen molar-refractivity contribution >= 4 is 23.2 Å². The smallest absolute Gasteiger partial charge is 0.0666 e. The molecule has 0 heterocycles. The standard InChI is InChI=1S/C12H14Cl2N2/c1-8(6-15)7-16-9(2)10-4-3-5-11(13)12(10)14/h3-5,8-9,16H,7H2,1-2H3. The van der Waals surface area contributed by atoms with Crippen molar-refractivity contribution < 1.29 is 0 Å². The highest BCUT2D eigenvalue weighted by molar-refractivity contribution is 6.42. The molecule has 16 heavy (non-hydrogen) atoms. The van der Waals surface area contributed by atoms with Crippen molar-refractivity contribution in [3.63, 3.8) is 0 Å². The Bertz CT molecular complexity index is 398. The normalized spacial score (nSPS) is 14.2. The molecule has 0 saturated heterocycles. The Morgan fingerprint density at radius 2 is 2.06 bits per heavy atom. The van der Waals surface area contributed by atoms with Crippen LogP contribution in [-0.2, 0) is 0 Å². The lowest BCUT2D eigenvalue weighted by atomic mass is 10.1. The molecule has 1 rings (SSSR count). The molecule has 86 valence electrons. The number of benzene rings is 1. The average molecular weight is 257 g/mol. The molecule has 1 N–H and O–H groups in total. The van der Waals surface area contributed by atoms with Crippen LogP contribution in [0.5, 0.6) is 0 Å². The first-order valence-corrected chi connectivity index (χ1v) is 5.88. The summed E-state index contributed by atoms with van der Waals surface area (Å²) in [6, 6.07) is 7.83. The van der Waals surface area contributed by atoms with Crippen molar-refractivity contribution in [3.8, 4) is 6.07 Å². The van der Waals surface area contributed by atoms with E-state index in [1.54, 1.807) is 6.07 Å². The van der Waals surface area contributed by atoms with E-state index in [0.717, 1.165) is 5.56 Å².